The van der Waals surface area contributed by atoms with Crippen molar-refractivity contribution in [2.45, 2.75) is 46.7 Å². The maximum Gasteiger partial charge on any atom is 0.419 e. The van der Waals surface area contributed by atoms with Crippen LogP contribution in [0.3, 0.4) is 0 Å². The van der Waals surface area contributed by atoms with Crippen LogP contribution in [0.5, 0.6) is 5.75 Å². The summed E-state index contributed by atoms with van der Waals surface area (Å²) in [7, 11) is -3.95. The molecule has 2 heterocycles. The number of sulfone groups is 1. The first kappa shape index (κ1) is 23.8. The molecule has 1 amide bonds. The summed E-state index contributed by atoms with van der Waals surface area (Å²) in [6, 6.07) is 12.3. The molecule has 176 valence electrons. The monoisotopic (exact) mass is 507 g/mol. The molecule has 1 aromatic heterocycles. The largest absolute Gasteiger partial charge is 0.492 e. The van der Waals surface area contributed by atoms with E-state index in [1.807, 2.05) is 25.1 Å². The quantitative estimate of drug-likeness (QED) is 0.303. The fourth-order valence-electron chi connectivity index (χ4n) is 4.13. The number of unbranched alkanes of at least 4 members (excludes halogenated alkanes) is 1. The normalized spacial score (nSPS) is 19.1. The predicted molar refractivity (Wildman–Crippen MR) is 130 cm³/mol. The van der Waals surface area contributed by atoms with Crippen LogP contribution in [-0.2, 0) is 9.84 Å². The van der Waals surface area contributed by atoms with Gasteiger partial charge in [-0.1, -0.05) is 37.6 Å². The Morgan fingerprint density at radius 1 is 1.30 bits per heavy atom. The van der Waals surface area contributed by atoms with Gasteiger partial charge in [0, 0.05) is 12.5 Å². The minimum absolute atomic E-state index is 0.0634. The molecule has 1 fully saturated rings. The fourth-order valence-corrected chi connectivity index (χ4v) is 7.19. The number of amides is 1. The van der Waals surface area contributed by atoms with Gasteiger partial charge >= 0.3 is 6.09 Å². The zero-order chi connectivity index (χ0) is 23.6. The van der Waals surface area contributed by atoms with E-state index in [0.29, 0.717) is 10.9 Å². The second kappa shape index (κ2) is 9.88. The number of para-hydroxylation sites is 2. The summed E-state index contributed by atoms with van der Waals surface area (Å²) in [5, 5.41) is 9.57. The van der Waals surface area contributed by atoms with Gasteiger partial charge in [-0.2, -0.15) is 5.01 Å². The van der Waals surface area contributed by atoms with E-state index in [0.717, 1.165) is 28.6 Å². The topological polar surface area (TPSA) is 109 Å². The van der Waals surface area contributed by atoms with Crippen LogP contribution in [0.25, 0.3) is 10.2 Å². The van der Waals surface area contributed by atoms with Crippen molar-refractivity contribution in [2.24, 2.45) is 0 Å². The lowest BCUT2D eigenvalue weighted by Gasteiger charge is -2.24. The Kier molecular flexibility index (Phi) is 7.13. The summed E-state index contributed by atoms with van der Waals surface area (Å²) < 4.78 is 34.8. The van der Waals surface area contributed by atoms with E-state index >= 15 is 0 Å². The van der Waals surface area contributed by atoms with E-state index < -0.39 is 21.3 Å². The maximum atomic E-state index is 13.7. The van der Waals surface area contributed by atoms with E-state index in [9.17, 15) is 18.3 Å². The Hall–Kier alpha value is -2.34. The number of carboxylic acid groups (broad SMARTS) is 1. The molecule has 0 aliphatic carbocycles. The first-order valence-electron chi connectivity index (χ1n) is 10.6. The van der Waals surface area contributed by atoms with Gasteiger partial charge in [0.05, 0.1) is 16.8 Å². The third kappa shape index (κ3) is 4.96. The van der Waals surface area contributed by atoms with Crippen LogP contribution in [0.15, 0.2) is 51.7 Å². The molecule has 33 heavy (non-hydrogen) atoms. The molecule has 0 radical (unpaired) electrons. The van der Waals surface area contributed by atoms with Crippen molar-refractivity contribution in [2.75, 3.05) is 13.2 Å². The van der Waals surface area contributed by atoms with Crippen molar-refractivity contribution in [3.05, 3.63) is 48.0 Å². The summed E-state index contributed by atoms with van der Waals surface area (Å²) in [5.74, 6) is 0.0503. The number of hydrogen-bond acceptors (Lipinski definition) is 8. The number of fused-ring (bicyclic) bond motifs is 1. The van der Waals surface area contributed by atoms with E-state index in [1.54, 1.807) is 18.2 Å². The van der Waals surface area contributed by atoms with E-state index in [4.69, 9.17) is 4.74 Å². The number of aromatic nitrogens is 1. The van der Waals surface area contributed by atoms with Crippen LogP contribution in [-0.4, -0.2) is 48.1 Å². The SMILES string of the molecule is CCCCOc1ccccc1S(=O)(=O)[C@@H]1C[C@@H](c2cccc3sc(S)nc23)CN1NC(=O)O. The molecule has 2 N–H and O–H groups in total. The van der Waals surface area contributed by atoms with E-state index in [1.165, 1.54) is 22.4 Å². The Morgan fingerprint density at radius 3 is 2.85 bits per heavy atom. The Labute approximate surface area is 201 Å². The Bertz CT molecular complexity index is 1260. The second-order valence-electron chi connectivity index (χ2n) is 7.84. The van der Waals surface area contributed by atoms with Crippen molar-refractivity contribution >= 4 is 50.1 Å². The second-order valence-corrected chi connectivity index (χ2v) is 11.7. The lowest BCUT2D eigenvalue weighted by molar-refractivity contribution is 0.146. The molecule has 1 aliphatic heterocycles. The molecule has 0 bridgehead atoms. The number of thiazole rings is 1. The molecule has 0 spiro atoms. The minimum Gasteiger partial charge on any atom is -0.492 e. The molecule has 2 atom stereocenters. The van der Waals surface area contributed by atoms with Gasteiger partial charge in [-0.3, -0.25) is 5.43 Å². The van der Waals surface area contributed by atoms with Crippen molar-refractivity contribution in [1.29, 1.82) is 0 Å². The van der Waals surface area contributed by atoms with Gasteiger partial charge in [0.25, 0.3) is 0 Å². The number of rotatable bonds is 8. The minimum atomic E-state index is -3.95. The molecule has 0 unspecified atom stereocenters. The zero-order valence-electron chi connectivity index (χ0n) is 18.0. The van der Waals surface area contributed by atoms with E-state index in [-0.39, 0.29) is 29.5 Å². The van der Waals surface area contributed by atoms with Crippen molar-refractivity contribution in [3.8, 4) is 5.75 Å². The molecule has 4 rings (SSSR count). The van der Waals surface area contributed by atoms with Crippen molar-refractivity contribution < 1.29 is 23.1 Å². The number of carbonyl (C=O) groups is 1. The van der Waals surface area contributed by atoms with Crippen LogP contribution in [0, 0.1) is 0 Å². The highest BCUT2D eigenvalue weighted by atomic mass is 32.2. The number of hydrazine groups is 1. The van der Waals surface area contributed by atoms with Crippen LogP contribution in [0.2, 0.25) is 0 Å². The molecular weight excluding hydrogens is 482 g/mol. The summed E-state index contributed by atoms with van der Waals surface area (Å²) in [5.41, 5.74) is 3.94. The fraction of sp³-hybridized carbons (Fsp3) is 0.364. The van der Waals surface area contributed by atoms with Gasteiger partial charge in [0.15, 0.2) is 9.84 Å². The van der Waals surface area contributed by atoms with Crippen LogP contribution >= 0.6 is 24.0 Å². The molecule has 3 aromatic rings. The average Bonchev–Trinajstić information content (AvgIpc) is 3.36. The summed E-state index contributed by atoms with van der Waals surface area (Å²) >= 11 is 5.80. The highest BCUT2D eigenvalue weighted by molar-refractivity contribution is 7.92. The number of thiol groups is 1. The summed E-state index contributed by atoms with van der Waals surface area (Å²) in [4.78, 5) is 16.0. The van der Waals surface area contributed by atoms with Crippen LogP contribution < -0.4 is 10.2 Å². The van der Waals surface area contributed by atoms with Gasteiger partial charge in [0.2, 0.25) is 0 Å². The lowest BCUT2D eigenvalue weighted by atomic mass is 9.97. The molecule has 11 heteroatoms. The van der Waals surface area contributed by atoms with Crippen molar-refractivity contribution in [3.63, 3.8) is 0 Å². The van der Waals surface area contributed by atoms with Crippen molar-refractivity contribution in [1.82, 2.24) is 15.4 Å². The summed E-state index contributed by atoms with van der Waals surface area (Å²) in [6.07, 6.45) is 0.626. The van der Waals surface area contributed by atoms with Gasteiger partial charge in [-0.05, 0) is 36.6 Å². The first-order valence-corrected chi connectivity index (χ1v) is 13.4. The average molecular weight is 508 g/mol. The predicted octanol–water partition coefficient (Wildman–Crippen LogP) is 4.54. The van der Waals surface area contributed by atoms with Gasteiger partial charge in [-0.15, -0.1) is 24.0 Å². The first-order chi connectivity index (χ1) is 15.8. The number of hydrogen-bond donors (Lipinski definition) is 3. The highest BCUT2D eigenvalue weighted by Crippen LogP contribution is 2.40. The standard InChI is InChI=1S/C22H25N3O5S3/c1-2-3-11-30-16-8-4-5-10-18(16)33(28,29)19-12-14(13-25(19)24-21(26)27)15-7-6-9-17-20(15)23-22(31)32-17/h4-10,14,19,24H,2-3,11-13H2,1H3,(H,23,31)(H,26,27)/t14-,19-/m1/s1. The van der Waals surface area contributed by atoms with E-state index in [2.05, 4.69) is 23.0 Å². The highest BCUT2D eigenvalue weighted by Gasteiger charge is 2.44. The molecule has 2 aromatic carbocycles. The van der Waals surface area contributed by atoms with Gasteiger partial charge in [0.1, 0.15) is 20.4 Å². The van der Waals surface area contributed by atoms with Crippen LogP contribution in [0.4, 0.5) is 4.79 Å². The zero-order valence-corrected chi connectivity index (χ0v) is 20.5. The number of benzene rings is 2. The Balaban J connectivity index is 1.70. The smallest absolute Gasteiger partial charge is 0.419 e. The third-order valence-corrected chi connectivity index (χ3v) is 8.95. The maximum absolute atomic E-state index is 13.7. The van der Waals surface area contributed by atoms with Gasteiger partial charge in [-0.25, -0.2) is 18.2 Å². The molecule has 0 saturated carbocycles. The summed E-state index contributed by atoms with van der Waals surface area (Å²) in [6.45, 7) is 2.64. The molecule has 1 aliphatic rings. The molecular formula is C22H25N3O5S3. The number of nitrogens with one attached hydrogen (secondary N) is 1. The van der Waals surface area contributed by atoms with Crippen LogP contribution in [0.1, 0.15) is 37.7 Å². The third-order valence-electron chi connectivity index (χ3n) is 5.64. The lowest BCUT2D eigenvalue weighted by Crippen LogP contribution is -2.47. The molecule has 1 saturated heterocycles. The van der Waals surface area contributed by atoms with Gasteiger partial charge < -0.3 is 9.84 Å². The number of ether oxygens (including phenoxy) is 1. The number of nitrogens with zero attached hydrogens (tertiary/aromatic N) is 2. The Morgan fingerprint density at radius 2 is 2.09 bits per heavy atom. The molecule has 8 nitrogen and oxygen atoms in total.